The van der Waals surface area contributed by atoms with Gasteiger partial charge < -0.3 is 10.5 Å². The van der Waals surface area contributed by atoms with Crippen molar-refractivity contribution >= 4 is 29.2 Å². The van der Waals surface area contributed by atoms with Crippen molar-refractivity contribution in [2.75, 3.05) is 5.73 Å². The number of nitrogen functional groups attached to an aromatic ring is 1. The largest absolute Gasteiger partial charge is 0.489 e. The number of anilines is 1. The maximum Gasteiger partial charge on any atom is 0.221 e. The van der Waals surface area contributed by atoms with Crippen molar-refractivity contribution in [1.29, 1.82) is 0 Å². The van der Waals surface area contributed by atoms with E-state index in [2.05, 4.69) is 9.97 Å². The Kier molecular flexibility index (Phi) is 5.65. The van der Waals surface area contributed by atoms with E-state index in [0.717, 1.165) is 22.4 Å². The quantitative estimate of drug-likeness (QED) is 0.411. The van der Waals surface area contributed by atoms with Crippen LogP contribution in [0.2, 0.25) is 10.0 Å². The second-order valence-corrected chi connectivity index (χ2v) is 7.27. The van der Waals surface area contributed by atoms with E-state index >= 15 is 0 Å². The van der Waals surface area contributed by atoms with Crippen LogP contribution in [-0.4, -0.2) is 9.97 Å². The summed E-state index contributed by atoms with van der Waals surface area (Å²) in [5.74, 6) is 0.911. The summed E-state index contributed by atoms with van der Waals surface area (Å²) in [5, 5.41) is 1.06. The zero-order valence-corrected chi connectivity index (χ0v) is 16.9. The van der Waals surface area contributed by atoms with Crippen LogP contribution >= 0.6 is 23.2 Å². The first-order valence-corrected chi connectivity index (χ1v) is 9.71. The monoisotopic (exact) mass is 421 g/mol. The van der Waals surface area contributed by atoms with E-state index in [0.29, 0.717) is 28.0 Å². The summed E-state index contributed by atoms with van der Waals surface area (Å²) in [7, 11) is 0. The van der Waals surface area contributed by atoms with E-state index in [4.69, 9.17) is 33.7 Å². The number of rotatable bonds is 5. The number of hydrogen-bond acceptors (Lipinski definition) is 4. The number of halogens is 2. The van der Waals surface area contributed by atoms with Crippen LogP contribution in [0.4, 0.5) is 5.95 Å². The SMILES string of the molecule is Nc1nc(-c2cccc(OCc3ccccc3)c2)cc(-c2ccc(Cl)cc2Cl)n1. The Hall–Kier alpha value is -3.08. The molecule has 1 heterocycles. The molecule has 4 aromatic rings. The molecule has 0 aliphatic heterocycles. The molecule has 0 amide bonds. The fourth-order valence-corrected chi connectivity index (χ4v) is 3.44. The van der Waals surface area contributed by atoms with Gasteiger partial charge in [0.15, 0.2) is 0 Å². The molecule has 29 heavy (non-hydrogen) atoms. The Morgan fingerprint density at radius 3 is 2.38 bits per heavy atom. The first kappa shape index (κ1) is 19.2. The Balaban J connectivity index is 1.64. The highest BCUT2D eigenvalue weighted by Crippen LogP contribution is 2.32. The maximum absolute atomic E-state index is 6.33. The van der Waals surface area contributed by atoms with Gasteiger partial charge in [-0.25, -0.2) is 9.97 Å². The average Bonchev–Trinajstić information content (AvgIpc) is 2.73. The lowest BCUT2D eigenvalue weighted by Gasteiger charge is -2.10. The van der Waals surface area contributed by atoms with Crippen LogP contribution < -0.4 is 10.5 Å². The summed E-state index contributed by atoms with van der Waals surface area (Å²) in [6, 6.07) is 24.8. The lowest BCUT2D eigenvalue weighted by Crippen LogP contribution is -1.99. The standard InChI is InChI=1S/C23H17Cl2N3O/c24-17-9-10-19(20(25)12-17)22-13-21(27-23(26)28-22)16-7-4-8-18(11-16)29-14-15-5-2-1-3-6-15/h1-13H,14H2,(H2,26,27,28). The van der Waals surface area contributed by atoms with E-state index < -0.39 is 0 Å². The molecule has 0 atom stereocenters. The van der Waals surface area contributed by atoms with E-state index in [9.17, 15) is 0 Å². The van der Waals surface area contributed by atoms with Gasteiger partial charge in [0, 0.05) is 16.1 Å². The highest BCUT2D eigenvalue weighted by Gasteiger charge is 2.11. The molecule has 0 spiro atoms. The topological polar surface area (TPSA) is 61.0 Å². The highest BCUT2D eigenvalue weighted by molar-refractivity contribution is 6.36. The van der Waals surface area contributed by atoms with E-state index in [1.54, 1.807) is 12.1 Å². The summed E-state index contributed by atoms with van der Waals surface area (Å²) in [6.07, 6.45) is 0. The Morgan fingerprint density at radius 2 is 1.59 bits per heavy atom. The third-order valence-corrected chi connectivity index (χ3v) is 4.88. The van der Waals surface area contributed by atoms with Gasteiger partial charge >= 0.3 is 0 Å². The molecule has 3 aromatic carbocycles. The van der Waals surface area contributed by atoms with Gasteiger partial charge in [0.2, 0.25) is 5.95 Å². The number of benzene rings is 3. The molecule has 0 bridgehead atoms. The summed E-state index contributed by atoms with van der Waals surface area (Å²) < 4.78 is 5.92. The van der Waals surface area contributed by atoms with Gasteiger partial charge in [-0.2, -0.15) is 0 Å². The second-order valence-electron chi connectivity index (χ2n) is 6.42. The maximum atomic E-state index is 6.33. The van der Waals surface area contributed by atoms with Crippen LogP contribution in [0.1, 0.15) is 5.56 Å². The molecule has 0 saturated heterocycles. The number of nitrogens with two attached hydrogens (primary N) is 1. The predicted molar refractivity (Wildman–Crippen MR) is 118 cm³/mol. The molecule has 0 fully saturated rings. The molecule has 0 saturated carbocycles. The minimum atomic E-state index is 0.166. The lowest BCUT2D eigenvalue weighted by molar-refractivity contribution is 0.306. The number of ether oxygens (including phenoxy) is 1. The molecular weight excluding hydrogens is 405 g/mol. The molecule has 4 nitrogen and oxygen atoms in total. The predicted octanol–water partition coefficient (Wildman–Crippen LogP) is 6.28. The molecule has 1 aromatic heterocycles. The van der Waals surface area contributed by atoms with Gasteiger partial charge in [-0.05, 0) is 42.0 Å². The molecule has 6 heteroatoms. The number of aromatic nitrogens is 2. The van der Waals surface area contributed by atoms with Crippen molar-refractivity contribution in [3.05, 3.63) is 94.5 Å². The van der Waals surface area contributed by atoms with Crippen LogP contribution in [0.25, 0.3) is 22.5 Å². The van der Waals surface area contributed by atoms with Gasteiger partial charge in [0.05, 0.1) is 16.4 Å². The number of nitrogens with zero attached hydrogens (tertiary/aromatic N) is 2. The van der Waals surface area contributed by atoms with Crippen molar-refractivity contribution in [1.82, 2.24) is 9.97 Å². The third kappa shape index (κ3) is 4.67. The van der Waals surface area contributed by atoms with Gasteiger partial charge in [-0.1, -0.05) is 65.7 Å². The van der Waals surface area contributed by atoms with E-state index in [1.165, 1.54) is 0 Å². The Bertz CT molecular complexity index is 1150. The van der Waals surface area contributed by atoms with E-state index in [-0.39, 0.29) is 5.95 Å². The first-order valence-electron chi connectivity index (χ1n) is 8.95. The van der Waals surface area contributed by atoms with E-state index in [1.807, 2.05) is 66.7 Å². The van der Waals surface area contributed by atoms with Crippen LogP contribution in [0.5, 0.6) is 5.75 Å². The van der Waals surface area contributed by atoms with Gasteiger partial charge in [-0.3, -0.25) is 0 Å². The van der Waals surface area contributed by atoms with Crippen molar-refractivity contribution in [2.45, 2.75) is 6.61 Å². The fourth-order valence-electron chi connectivity index (χ4n) is 2.94. The van der Waals surface area contributed by atoms with Crippen LogP contribution in [-0.2, 0) is 6.61 Å². The van der Waals surface area contributed by atoms with Crippen LogP contribution in [0, 0.1) is 0 Å². The number of hydrogen-bond donors (Lipinski definition) is 1. The minimum Gasteiger partial charge on any atom is -0.489 e. The smallest absolute Gasteiger partial charge is 0.221 e. The summed E-state index contributed by atoms with van der Waals surface area (Å²) in [5.41, 5.74) is 9.99. The van der Waals surface area contributed by atoms with Gasteiger partial charge in [-0.15, -0.1) is 0 Å². The molecule has 0 aliphatic carbocycles. The van der Waals surface area contributed by atoms with Crippen molar-refractivity contribution in [3.63, 3.8) is 0 Å². The molecule has 144 valence electrons. The van der Waals surface area contributed by atoms with Crippen molar-refractivity contribution < 1.29 is 4.74 Å². The summed E-state index contributed by atoms with van der Waals surface area (Å²) >= 11 is 12.3. The molecule has 4 rings (SSSR count). The summed E-state index contributed by atoms with van der Waals surface area (Å²) in [6.45, 7) is 0.488. The zero-order valence-electron chi connectivity index (χ0n) is 15.3. The molecular formula is C23H17Cl2N3O. The normalized spacial score (nSPS) is 10.7. The third-order valence-electron chi connectivity index (χ3n) is 4.33. The zero-order chi connectivity index (χ0) is 20.2. The fraction of sp³-hybridized carbons (Fsp3) is 0.0435. The highest BCUT2D eigenvalue weighted by atomic mass is 35.5. The average molecular weight is 422 g/mol. The molecule has 0 aliphatic rings. The Labute approximate surface area is 178 Å². The van der Waals surface area contributed by atoms with Crippen molar-refractivity contribution in [2.24, 2.45) is 0 Å². The minimum absolute atomic E-state index is 0.166. The Morgan fingerprint density at radius 1 is 0.793 bits per heavy atom. The molecule has 0 radical (unpaired) electrons. The van der Waals surface area contributed by atoms with Crippen LogP contribution in [0.15, 0.2) is 78.9 Å². The molecule has 0 unspecified atom stereocenters. The molecule has 2 N–H and O–H groups in total. The van der Waals surface area contributed by atoms with Crippen molar-refractivity contribution in [3.8, 4) is 28.3 Å². The van der Waals surface area contributed by atoms with Crippen LogP contribution in [0.3, 0.4) is 0 Å². The van der Waals surface area contributed by atoms with Gasteiger partial charge in [0.25, 0.3) is 0 Å². The first-order chi connectivity index (χ1) is 14.1. The lowest BCUT2D eigenvalue weighted by atomic mass is 10.1. The van der Waals surface area contributed by atoms with Gasteiger partial charge in [0.1, 0.15) is 12.4 Å². The second kappa shape index (κ2) is 8.52. The summed E-state index contributed by atoms with van der Waals surface area (Å²) in [4.78, 5) is 8.70.